The molecule has 0 saturated carbocycles. The molecule has 0 aromatic rings. The molecule has 0 rings (SSSR count). The van der Waals surface area contributed by atoms with Crippen LogP contribution < -0.4 is 0 Å². The zero-order valence-electron chi connectivity index (χ0n) is 10.5. The molecule has 2 heteroatoms. The fourth-order valence-corrected chi connectivity index (χ4v) is 1.88. The minimum absolute atomic E-state index is 0.168. The Balaban J connectivity index is 3.28. The van der Waals surface area contributed by atoms with Crippen LogP contribution in [0.1, 0.15) is 65.7 Å². The van der Waals surface area contributed by atoms with Gasteiger partial charge in [-0.25, -0.2) is 0 Å². The molecule has 0 aliphatic heterocycles. The number of rotatable bonds is 9. The average Bonchev–Trinajstić information content (AvgIpc) is 2.17. The molecule has 1 N–H and O–H groups in total. The Kier molecular flexibility index (Phi) is 8.44. The van der Waals surface area contributed by atoms with Crippen LogP contribution in [0.2, 0.25) is 0 Å². The number of unbranched alkanes of at least 4 members (excludes halogenated alkanes) is 2. The van der Waals surface area contributed by atoms with Crippen molar-refractivity contribution in [3.8, 4) is 0 Å². The van der Waals surface area contributed by atoms with E-state index < -0.39 is 5.97 Å². The quantitative estimate of drug-likeness (QED) is 0.587. The van der Waals surface area contributed by atoms with Gasteiger partial charge < -0.3 is 5.11 Å². The topological polar surface area (TPSA) is 37.3 Å². The molecule has 0 saturated heterocycles. The largest absolute Gasteiger partial charge is 0.481 e. The maximum Gasteiger partial charge on any atom is 0.306 e. The lowest BCUT2D eigenvalue weighted by Gasteiger charge is -2.10. The summed E-state index contributed by atoms with van der Waals surface area (Å²) in [7, 11) is 0. The van der Waals surface area contributed by atoms with E-state index >= 15 is 0 Å². The Bertz CT molecular complexity index is 166. The summed E-state index contributed by atoms with van der Waals surface area (Å²) in [4.78, 5) is 10.6. The first-order valence-corrected chi connectivity index (χ1v) is 6.30. The predicted molar refractivity (Wildman–Crippen MR) is 64.0 cm³/mol. The summed E-state index contributed by atoms with van der Waals surface area (Å²) in [6.07, 6.45) is 8.24. The predicted octanol–water partition coefficient (Wildman–Crippen LogP) is 4.09. The molecular formula is C13H26O2. The number of hydrogen-bond acceptors (Lipinski definition) is 1. The van der Waals surface area contributed by atoms with Gasteiger partial charge in [0.25, 0.3) is 0 Å². The second kappa shape index (κ2) is 8.75. The molecule has 0 fully saturated rings. The first-order chi connectivity index (χ1) is 7.07. The molecule has 0 heterocycles. The second-order valence-corrected chi connectivity index (χ2v) is 4.77. The normalized spacial score (nSPS) is 14.9. The van der Waals surface area contributed by atoms with Crippen molar-refractivity contribution in [2.45, 2.75) is 65.7 Å². The molecule has 0 aromatic heterocycles. The maximum absolute atomic E-state index is 10.6. The summed E-state index contributed by atoms with van der Waals surface area (Å²) < 4.78 is 0. The van der Waals surface area contributed by atoms with E-state index in [4.69, 9.17) is 5.11 Å². The highest BCUT2D eigenvalue weighted by atomic mass is 16.4. The average molecular weight is 214 g/mol. The van der Waals surface area contributed by atoms with Gasteiger partial charge in [-0.15, -0.1) is 0 Å². The zero-order valence-corrected chi connectivity index (χ0v) is 10.5. The van der Waals surface area contributed by atoms with Crippen LogP contribution in [0.4, 0.5) is 0 Å². The van der Waals surface area contributed by atoms with Crippen LogP contribution in [-0.4, -0.2) is 11.1 Å². The maximum atomic E-state index is 10.6. The number of carbonyl (C=O) groups is 1. The van der Waals surface area contributed by atoms with Crippen LogP contribution in [0, 0.1) is 11.8 Å². The van der Waals surface area contributed by atoms with Crippen molar-refractivity contribution >= 4 is 5.97 Å². The van der Waals surface area contributed by atoms with Gasteiger partial charge in [0.1, 0.15) is 0 Å². The highest BCUT2D eigenvalue weighted by Gasteiger charge is 2.09. The van der Waals surface area contributed by atoms with Crippen molar-refractivity contribution < 1.29 is 9.90 Å². The molecule has 0 aliphatic carbocycles. The van der Waals surface area contributed by atoms with E-state index in [0.29, 0.717) is 0 Å². The number of carboxylic acid groups (broad SMARTS) is 1. The molecule has 0 spiro atoms. The third kappa shape index (κ3) is 8.46. The van der Waals surface area contributed by atoms with Crippen molar-refractivity contribution in [2.24, 2.45) is 11.8 Å². The Labute approximate surface area is 94.1 Å². The van der Waals surface area contributed by atoms with Gasteiger partial charge in [0.15, 0.2) is 0 Å². The van der Waals surface area contributed by atoms with Crippen molar-refractivity contribution in [1.29, 1.82) is 0 Å². The monoisotopic (exact) mass is 214 g/mol. The standard InChI is InChI=1S/C13H26O2/c1-4-8-11(2)9-6-5-7-10-12(3)13(14)15/h11-12H,4-10H2,1-3H3,(H,14,15). The lowest BCUT2D eigenvalue weighted by Crippen LogP contribution is -2.08. The van der Waals surface area contributed by atoms with E-state index in [1.54, 1.807) is 6.92 Å². The second-order valence-electron chi connectivity index (χ2n) is 4.77. The summed E-state index contributed by atoms with van der Waals surface area (Å²) in [6.45, 7) is 6.33. The minimum atomic E-state index is -0.658. The van der Waals surface area contributed by atoms with Crippen molar-refractivity contribution in [3.05, 3.63) is 0 Å². The molecular weight excluding hydrogens is 188 g/mol. The third-order valence-corrected chi connectivity index (χ3v) is 3.04. The van der Waals surface area contributed by atoms with Gasteiger partial charge in [0.05, 0.1) is 5.92 Å². The molecule has 0 amide bonds. The minimum Gasteiger partial charge on any atom is -0.481 e. The van der Waals surface area contributed by atoms with Gasteiger partial charge in [-0.1, -0.05) is 59.3 Å². The van der Waals surface area contributed by atoms with Crippen molar-refractivity contribution in [1.82, 2.24) is 0 Å². The molecule has 90 valence electrons. The highest BCUT2D eigenvalue weighted by Crippen LogP contribution is 2.16. The molecule has 2 nitrogen and oxygen atoms in total. The van der Waals surface area contributed by atoms with E-state index in [1.165, 1.54) is 32.1 Å². The molecule has 2 unspecified atom stereocenters. The molecule has 0 aliphatic rings. The van der Waals surface area contributed by atoms with E-state index in [0.717, 1.165) is 18.8 Å². The summed E-state index contributed by atoms with van der Waals surface area (Å²) in [5, 5.41) is 8.70. The number of hydrogen-bond donors (Lipinski definition) is 1. The summed E-state index contributed by atoms with van der Waals surface area (Å²) >= 11 is 0. The van der Waals surface area contributed by atoms with Crippen LogP contribution in [-0.2, 0) is 4.79 Å². The Hall–Kier alpha value is -0.530. The zero-order chi connectivity index (χ0) is 11.7. The van der Waals surface area contributed by atoms with Gasteiger partial charge in [-0.2, -0.15) is 0 Å². The van der Waals surface area contributed by atoms with E-state index in [-0.39, 0.29) is 5.92 Å². The molecule has 0 radical (unpaired) electrons. The fourth-order valence-electron chi connectivity index (χ4n) is 1.88. The van der Waals surface area contributed by atoms with Crippen LogP contribution in [0.3, 0.4) is 0 Å². The SMILES string of the molecule is CCCC(C)CCCCCC(C)C(=O)O. The van der Waals surface area contributed by atoms with Gasteiger partial charge in [-0.3, -0.25) is 4.79 Å². The lowest BCUT2D eigenvalue weighted by molar-refractivity contribution is -0.141. The van der Waals surface area contributed by atoms with Gasteiger partial charge in [-0.05, 0) is 12.3 Å². The van der Waals surface area contributed by atoms with Crippen molar-refractivity contribution in [2.75, 3.05) is 0 Å². The van der Waals surface area contributed by atoms with Crippen LogP contribution in [0.5, 0.6) is 0 Å². The highest BCUT2D eigenvalue weighted by molar-refractivity contribution is 5.69. The molecule has 15 heavy (non-hydrogen) atoms. The summed E-state index contributed by atoms with van der Waals surface area (Å²) in [5.74, 6) is 0.0133. The summed E-state index contributed by atoms with van der Waals surface area (Å²) in [5.41, 5.74) is 0. The first kappa shape index (κ1) is 14.5. The molecule has 0 aromatic carbocycles. The Morgan fingerprint density at radius 3 is 2.20 bits per heavy atom. The van der Waals surface area contributed by atoms with Crippen LogP contribution in [0.15, 0.2) is 0 Å². The van der Waals surface area contributed by atoms with E-state index in [1.807, 2.05) is 0 Å². The third-order valence-electron chi connectivity index (χ3n) is 3.04. The molecule has 0 bridgehead atoms. The fraction of sp³-hybridized carbons (Fsp3) is 0.923. The van der Waals surface area contributed by atoms with Crippen LogP contribution >= 0.6 is 0 Å². The Morgan fingerprint density at radius 2 is 1.67 bits per heavy atom. The van der Waals surface area contributed by atoms with E-state index in [9.17, 15) is 4.79 Å². The van der Waals surface area contributed by atoms with Crippen LogP contribution in [0.25, 0.3) is 0 Å². The molecule has 2 atom stereocenters. The number of aliphatic carboxylic acids is 1. The van der Waals surface area contributed by atoms with Gasteiger partial charge in [0, 0.05) is 0 Å². The van der Waals surface area contributed by atoms with Gasteiger partial charge in [0.2, 0.25) is 0 Å². The lowest BCUT2D eigenvalue weighted by atomic mass is 9.97. The van der Waals surface area contributed by atoms with E-state index in [2.05, 4.69) is 13.8 Å². The summed E-state index contributed by atoms with van der Waals surface area (Å²) in [6, 6.07) is 0. The number of carboxylic acids is 1. The van der Waals surface area contributed by atoms with Gasteiger partial charge >= 0.3 is 5.97 Å². The van der Waals surface area contributed by atoms with Crippen molar-refractivity contribution in [3.63, 3.8) is 0 Å². The smallest absolute Gasteiger partial charge is 0.306 e. The first-order valence-electron chi connectivity index (χ1n) is 6.30. The Morgan fingerprint density at radius 1 is 1.07 bits per heavy atom.